The second-order valence-electron chi connectivity index (χ2n) is 6.16. The number of rotatable bonds is 1. The zero-order valence-electron chi connectivity index (χ0n) is 11.3. The smallest absolute Gasteiger partial charge is 0.320 e. The van der Waals surface area contributed by atoms with E-state index in [-0.39, 0.29) is 12.1 Å². The molecular weight excluding hydrogens is 232 g/mol. The Balaban J connectivity index is 2.02. The van der Waals surface area contributed by atoms with Crippen LogP contribution in [0.15, 0.2) is 0 Å². The first kappa shape index (κ1) is 13.2. The maximum absolute atomic E-state index is 12.4. The molecule has 2 aliphatic heterocycles. The van der Waals surface area contributed by atoms with Gasteiger partial charge in [0, 0.05) is 25.7 Å². The summed E-state index contributed by atoms with van der Waals surface area (Å²) < 4.78 is 0. The van der Waals surface area contributed by atoms with Crippen molar-refractivity contribution in [1.29, 1.82) is 0 Å². The Morgan fingerprint density at radius 2 is 2.00 bits per heavy atom. The summed E-state index contributed by atoms with van der Waals surface area (Å²) in [5, 5.41) is 9.18. The number of hydrogen-bond acceptors (Lipinski definition) is 2. The molecule has 0 aromatic carbocycles. The van der Waals surface area contributed by atoms with Crippen LogP contribution in [0.2, 0.25) is 0 Å². The van der Waals surface area contributed by atoms with Crippen LogP contribution < -0.4 is 0 Å². The highest BCUT2D eigenvalue weighted by molar-refractivity contribution is 5.79. The molecule has 0 aromatic rings. The monoisotopic (exact) mass is 254 g/mol. The van der Waals surface area contributed by atoms with Gasteiger partial charge < -0.3 is 14.9 Å². The number of nitrogens with zero attached hydrogens (tertiary/aromatic N) is 2. The van der Waals surface area contributed by atoms with Gasteiger partial charge in [0.1, 0.15) is 0 Å². The summed E-state index contributed by atoms with van der Waals surface area (Å²) in [6, 6.07) is 0.279. The minimum Gasteiger partial charge on any atom is -0.481 e. The van der Waals surface area contributed by atoms with Crippen molar-refractivity contribution in [3.8, 4) is 0 Å². The number of carbonyl (C=O) groups excluding carboxylic acids is 1. The van der Waals surface area contributed by atoms with Crippen molar-refractivity contribution in [2.45, 2.75) is 39.7 Å². The molecule has 2 fully saturated rings. The lowest BCUT2D eigenvalue weighted by Gasteiger charge is -2.28. The van der Waals surface area contributed by atoms with Crippen molar-refractivity contribution < 1.29 is 14.7 Å². The van der Waals surface area contributed by atoms with Gasteiger partial charge in [0.2, 0.25) is 0 Å². The molecule has 2 rings (SSSR count). The SMILES string of the molecule is CC1CC(C)N(C(=O)N2CCC(C)(C(=O)O)C2)C1. The van der Waals surface area contributed by atoms with Crippen molar-refractivity contribution in [1.82, 2.24) is 9.80 Å². The molecule has 5 nitrogen and oxygen atoms in total. The fourth-order valence-corrected chi connectivity index (χ4v) is 3.05. The number of carboxylic acids is 1. The van der Waals surface area contributed by atoms with E-state index in [1.807, 2.05) is 4.90 Å². The second kappa shape index (κ2) is 4.44. The van der Waals surface area contributed by atoms with Gasteiger partial charge in [-0.25, -0.2) is 4.79 Å². The maximum Gasteiger partial charge on any atom is 0.320 e. The van der Waals surface area contributed by atoms with E-state index in [1.165, 1.54) is 0 Å². The fourth-order valence-electron chi connectivity index (χ4n) is 3.05. The minimum absolute atomic E-state index is 0.0109. The van der Waals surface area contributed by atoms with Crippen LogP contribution in [0.25, 0.3) is 0 Å². The lowest BCUT2D eigenvalue weighted by molar-refractivity contribution is -0.147. The quantitative estimate of drug-likeness (QED) is 0.773. The normalized spacial score (nSPS) is 36.2. The average molecular weight is 254 g/mol. The topological polar surface area (TPSA) is 60.9 Å². The third-order valence-corrected chi connectivity index (χ3v) is 4.29. The molecule has 2 amide bonds. The number of carbonyl (C=O) groups is 2. The molecule has 3 unspecified atom stereocenters. The van der Waals surface area contributed by atoms with Gasteiger partial charge >= 0.3 is 12.0 Å². The van der Waals surface area contributed by atoms with Crippen LogP contribution >= 0.6 is 0 Å². The molecule has 2 heterocycles. The molecule has 0 aromatic heterocycles. The summed E-state index contributed by atoms with van der Waals surface area (Å²) in [5.41, 5.74) is -0.774. The zero-order chi connectivity index (χ0) is 13.5. The van der Waals surface area contributed by atoms with Gasteiger partial charge in [-0.05, 0) is 32.6 Å². The van der Waals surface area contributed by atoms with E-state index in [1.54, 1.807) is 11.8 Å². The molecule has 0 aliphatic carbocycles. The number of aliphatic carboxylic acids is 1. The van der Waals surface area contributed by atoms with Crippen molar-refractivity contribution in [3.63, 3.8) is 0 Å². The van der Waals surface area contributed by atoms with Gasteiger partial charge in [0.15, 0.2) is 0 Å². The van der Waals surface area contributed by atoms with Crippen LogP contribution in [0.5, 0.6) is 0 Å². The molecule has 0 bridgehead atoms. The Morgan fingerprint density at radius 1 is 1.33 bits per heavy atom. The molecule has 0 saturated carbocycles. The molecule has 2 aliphatic rings. The van der Waals surface area contributed by atoms with Gasteiger partial charge in [0.25, 0.3) is 0 Å². The highest BCUT2D eigenvalue weighted by atomic mass is 16.4. The van der Waals surface area contributed by atoms with E-state index in [0.29, 0.717) is 25.4 Å². The van der Waals surface area contributed by atoms with E-state index in [4.69, 9.17) is 0 Å². The largest absolute Gasteiger partial charge is 0.481 e. The van der Waals surface area contributed by atoms with Crippen LogP contribution in [-0.2, 0) is 4.79 Å². The molecule has 2 saturated heterocycles. The van der Waals surface area contributed by atoms with Crippen molar-refractivity contribution in [3.05, 3.63) is 0 Å². The summed E-state index contributed by atoms with van der Waals surface area (Å²) in [5.74, 6) is -0.266. The molecule has 102 valence electrons. The van der Waals surface area contributed by atoms with Crippen LogP contribution in [0.4, 0.5) is 4.79 Å². The van der Waals surface area contributed by atoms with Crippen LogP contribution in [0, 0.1) is 11.3 Å². The lowest BCUT2D eigenvalue weighted by atomic mass is 9.90. The Hall–Kier alpha value is -1.26. The second-order valence-corrected chi connectivity index (χ2v) is 6.16. The van der Waals surface area contributed by atoms with Gasteiger partial charge in [-0.2, -0.15) is 0 Å². The molecule has 0 radical (unpaired) electrons. The summed E-state index contributed by atoms with van der Waals surface area (Å²) >= 11 is 0. The first-order valence-corrected chi connectivity index (χ1v) is 6.62. The van der Waals surface area contributed by atoms with E-state index in [9.17, 15) is 14.7 Å². The molecule has 5 heteroatoms. The van der Waals surface area contributed by atoms with Crippen molar-refractivity contribution >= 4 is 12.0 Å². The number of carboxylic acid groups (broad SMARTS) is 1. The maximum atomic E-state index is 12.4. The van der Waals surface area contributed by atoms with E-state index in [0.717, 1.165) is 13.0 Å². The van der Waals surface area contributed by atoms with Crippen LogP contribution in [-0.4, -0.2) is 52.6 Å². The zero-order valence-corrected chi connectivity index (χ0v) is 11.3. The number of hydrogen-bond donors (Lipinski definition) is 1. The standard InChI is InChI=1S/C13H22N2O3/c1-9-6-10(2)15(7-9)12(18)14-5-4-13(3,8-14)11(16)17/h9-10H,4-8H2,1-3H3,(H,16,17). The van der Waals surface area contributed by atoms with E-state index >= 15 is 0 Å². The van der Waals surface area contributed by atoms with Crippen molar-refractivity contribution in [2.24, 2.45) is 11.3 Å². The lowest BCUT2D eigenvalue weighted by Crippen LogP contribution is -2.45. The molecule has 3 atom stereocenters. The fraction of sp³-hybridized carbons (Fsp3) is 0.846. The number of amides is 2. The summed E-state index contributed by atoms with van der Waals surface area (Å²) in [6.45, 7) is 7.61. The molecule has 18 heavy (non-hydrogen) atoms. The Labute approximate surface area is 108 Å². The van der Waals surface area contributed by atoms with Gasteiger partial charge in [-0.1, -0.05) is 6.92 Å². The van der Waals surface area contributed by atoms with Crippen molar-refractivity contribution in [2.75, 3.05) is 19.6 Å². The number of likely N-dealkylation sites (tertiary alicyclic amines) is 2. The van der Waals surface area contributed by atoms with Crippen LogP contribution in [0.1, 0.15) is 33.6 Å². The average Bonchev–Trinajstić information content (AvgIpc) is 2.82. The first-order chi connectivity index (χ1) is 8.33. The number of urea groups is 1. The third-order valence-electron chi connectivity index (χ3n) is 4.29. The van der Waals surface area contributed by atoms with Gasteiger partial charge in [-0.15, -0.1) is 0 Å². The summed E-state index contributed by atoms with van der Waals surface area (Å²) in [4.78, 5) is 27.1. The van der Waals surface area contributed by atoms with Gasteiger partial charge in [-0.3, -0.25) is 4.79 Å². The molecule has 1 N–H and O–H groups in total. The minimum atomic E-state index is -0.805. The highest BCUT2D eigenvalue weighted by Gasteiger charge is 2.44. The predicted molar refractivity (Wildman–Crippen MR) is 67.3 cm³/mol. The summed E-state index contributed by atoms with van der Waals surface area (Å²) in [6.07, 6.45) is 1.58. The molecular formula is C13H22N2O3. The Kier molecular flexibility index (Phi) is 3.25. The Bertz CT molecular complexity index is 371. The van der Waals surface area contributed by atoms with E-state index in [2.05, 4.69) is 13.8 Å². The highest BCUT2D eigenvalue weighted by Crippen LogP contribution is 2.32. The molecule has 0 spiro atoms. The third kappa shape index (κ3) is 2.18. The Morgan fingerprint density at radius 3 is 2.44 bits per heavy atom. The van der Waals surface area contributed by atoms with E-state index < -0.39 is 11.4 Å². The predicted octanol–water partition coefficient (Wildman–Crippen LogP) is 1.63. The van der Waals surface area contributed by atoms with Gasteiger partial charge in [0.05, 0.1) is 5.41 Å². The first-order valence-electron chi connectivity index (χ1n) is 6.62. The van der Waals surface area contributed by atoms with Crippen LogP contribution in [0.3, 0.4) is 0 Å². The summed E-state index contributed by atoms with van der Waals surface area (Å²) in [7, 11) is 0.